The highest BCUT2D eigenvalue weighted by atomic mass is 16.2. The summed E-state index contributed by atoms with van der Waals surface area (Å²) in [4.78, 5) is 13.3. The Balaban J connectivity index is 1.75. The van der Waals surface area contributed by atoms with Crippen LogP contribution in [0.15, 0.2) is 30.3 Å². The summed E-state index contributed by atoms with van der Waals surface area (Å²) < 4.78 is 0. The number of nitrogens with zero attached hydrogens (tertiary/aromatic N) is 1. The van der Waals surface area contributed by atoms with Crippen LogP contribution in [0.2, 0.25) is 0 Å². The molecule has 0 unspecified atom stereocenters. The second kappa shape index (κ2) is 6.52. The Hall–Kier alpha value is -1.39. The second-order valence-corrected chi connectivity index (χ2v) is 4.98. The lowest BCUT2D eigenvalue weighted by molar-refractivity contribution is -0.122. The van der Waals surface area contributed by atoms with Crippen LogP contribution in [0.3, 0.4) is 0 Å². The Morgan fingerprint density at radius 3 is 2.56 bits per heavy atom. The Morgan fingerprint density at radius 2 is 1.94 bits per heavy atom. The normalized spacial score (nSPS) is 17.6. The number of nitrogens with one attached hydrogen (secondary N) is 1. The quantitative estimate of drug-likeness (QED) is 0.473. The molecular weight excluding hydrogens is 226 g/mol. The predicted molar refractivity (Wildman–Crippen MR) is 71.6 cm³/mol. The van der Waals surface area contributed by atoms with Gasteiger partial charge in [-0.2, -0.15) is 0 Å². The van der Waals surface area contributed by atoms with Gasteiger partial charge in [0.05, 0.1) is 6.54 Å². The fourth-order valence-corrected chi connectivity index (χ4v) is 2.54. The Morgan fingerprint density at radius 1 is 1.28 bits per heavy atom. The molecule has 4 heteroatoms. The van der Waals surface area contributed by atoms with Gasteiger partial charge in [0, 0.05) is 0 Å². The van der Waals surface area contributed by atoms with Crippen LogP contribution >= 0.6 is 0 Å². The first-order valence-electron chi connectivity index (χ1n) is 6.53. The highest BCUT2D eigenvalue weighted by Crippen LogP contribution is 2.21. The largest absolute Gasteiger partial charge is 0.294 e. The lowest BCUT2D eigenvalue weighted by Crippen LogP contribution is -2.43. The predicted octanol–water partition coefficient (Wildman–Crippen LogP) is 0.931. The third kappa shape index (κ3) is 3.82. The molecule has 4 nitrogen and oxygen atoms in total. The zero-order chi connectivity index (χ0) is 12.8. The second-order valence-electron chi connectivity index (χ2n) is 4.98. The van der Waals surface area contributed by atoms with Gasteiger partial charge in [-0.3, -0.25) is 15.1 Å². The van der Waals surface area contributed by atoms with Gasteiger partial charge in [-0.15, -0.1) is 0 Å². The first-order chi connectivity index (χ1) is 8.78. The van der Waals surface area contributed by atoms with Crippen molar-refractivity contribution in [3.05, 3.63) is 35.9 Å². The first kappa shape index (κ1) is 13.1. The number of carbonyl (C=O) groups excluding carboxylic acids is 1. The van der Waals surface area contributed by atoms with Crippen LogP contribution in [0.1, 0.15) is 18.4 Å². The minimum Gasteiger partial charge on any atom is -0.294 e. The first-order valence-corrected chi connectivity index (χ1v) is 6.53. The number of carbonyl (C=O) groups is 1. The van der Waals surface area contributed by atoms with Crippen LogP contribution in [0.4, 0.5) is 0 Å². The zero-order valence-electron chi connectivity index (χ0n) is 10.6. The molecule has 1 saturated heterocycles. The molecule has 2 rings (SSSR count). The van der Waals surface area contributed by atoms with E-state index in [1.165, 1.54) is 5.56 Å². The van der Waals surface area contributed by atoms with Crippen LogP contribution in [0.5, 0.6) is 0 Å². The molecule has 1 heterocycles. The van der Waals surface area contributed by atoms with Gasteiger partial charge in [0.1, 0.15) is 0 Å². The molecule has 0 spiro atoms. The van der Waals surface area contributed by atoms with E-state index in [0.717, 1.165) is 38.3 Å². The van der Waals surface area contributed by atoms with Gasteiger partial charge >= 0.3 is 0 Å². The molecule has 3 N–H and O–H groups in total. The zero-order valence-corrected chi connectivity index (χ0v) is 10.6. The fraction of sp³-hybridized carbons (Fsp3) is 0.500. The van der Waals surface area contributed by atoms with Crippen molar-refractivity contribution >= 4 is 5.91 Å². The minimum atomic E-state index is -0.100. The molecule has 98 valence electrons. The molecule has 1 aromatic carbocycles. The number of nitrogens with two attached hydrogens (primary N) is 1. The van der Waals surface area contributed by atoms with E-state index in [1.807, 2.05) is 0 Å². The monoisotopic (exact) mass is 247 g/mol. The summed E-state index contributed by atoms with van der Waals surface area (Å²) in [6.07, 6.45) is 3.47. The van der Waals surface area contributed by atoms with E-state index in [0.29, 0.717) is 6.54 Å². The maximum atomic E-state index is 11.2. The van der Waals surface area contributed by atoms with E-state index in [4.69, 9.17) is 5.84 Å². The summed E-state index contributed by atoms with van der Waals surface area (Å²) in [5.41, 5.74) is 3.60. The van der Waals surface area contributed by atoms with E-state index in [9.17, 15) is 4.79 Å². The Kier molecular flexibility index (Phi) is 4.73. The van der Waals surface area contributed by atoms with E-state index in [2.05, 4.69) is 40.7 Å². The molecule has 1 aliphatic rings. The maximum absolute atomic E-state index is 11.2. The standard InChI is InChI=1S/C14H21N3O/c15-16-14(18)11-17-8-6-13(7-9-17)10-12-4-2-1-3-5-12/h1-5,13H,6-11,15H2,(H,16,18). The molecule has 1 fully saturated rings. The number of hydrogen-bond donors (Lipinski definition) is 2. The van der Waals surface area contributed by atoms with Crippen molar-refractivity contribution in [3.8, 4) is 0 Å². The number of likely N-dealkylation sites (tertiary alicyclic amines) is 1. The van der Waals surface area contributed by atoms with Crippen molar-refractivity contribution in [2.75, 3.05) is 19.6 Å². The average Bonchev–Trinajstić information content (AvgIpc) is 2.42. The molecular formula is C14H21N3O. The van der Waals surface area contributed by atoms with Crippen LogP contribution in [0.25, 0.3) is 0 Å². The minimum absolute atomic E-state index is 0.100. The topological polar surface area (TPSA) is 58.4 Å². The van der Waals surface area contributed by atoms with E-state index in [-0.39, 0.29) is 5.91 Å². The van der Waals surface area contributed by atoms with Crippen molar-refractivity contribution < 1.29 is 4.79 Å². The highest BCUT2D eigenvalue weighted by molar-refractivity contribution is 5.77. The smallest absolute Gasteiger partial charge is 0.248 e. The van der Waals surface area contributed by atoms with E-state index >= 15 is 0 Å². The lowest BCUT2D eigenvalue weighted by Gasteiger charge is -2.31. The van der Waals surface area contributed by atoms with E-state index < -0.39 is 0 Å². The summed E-state index contributed by atoms with van der Waals surface area (Å²) in [6.45, 7) is 2.41. The van der Waals surface area contributed by atoms with Crippen LogP contribution in [-0.4, -0.2) is 30.4 Å². The van der Waals surface area contributed by atoms with Crippen LogP contribution in [0, 0.1) is 5.92 Å². The molecule has 0 saturated carbocycles. The molecule has 0 aromatic heterocycles. The summed E-state index contributed by atoms with van der Waals surface area (Å²) in [6, 6.07) is 10.6. The molecule has 1 amide bonds. The summed E-state index contributed by atoms with van der Waals surface area (Å²) in [7, 11) is 0. The van der Waals surface area contributed by atoms with Gasteiger partial charge < -0.3 is 0 Å². The molecule has 1 aliphatic heterocycles. The van der Waals surface area contributed by atoms with Gasteiger partial charge in [0.2, 0.25) is 5.91 Å². The molecule has 0 atom stereocenters. The molecule has 0 bridgehead atoms. The summed E-state index contributed by atoms with van der Waals surface area (Å²) >= 11 is 0. The van der Waals surface area contributed by atoms with Crippen molar-refractivity contribution in [2.24, 2.45) is 11.8 Å². The van der Waals surface area contributed by atoms with Gasteiger partial charge in [-0.05, 0) is 43.8 Å². The highest BCUT2D eigenvalue weighted by Gasteiger charge is 2.20. The van der Waals surface area contributed by atoms with Crippen molar-refractivity contribution in [2.45, 2.75) is 19.3 Å². The van der Waals surface area contributed by atoms with Gasteiger partial charge in [0.25, 0.3) is 0 Å². The van der Waals surface area contributed by atoms with Gasteiger partial charge in [-0.25, -0.2) is 5.84 Å². The van der Waals surface area contributed by atoms with E-state index in [1.54, 1.807) is 0 Å². The summed E-state index contributed by atoms with van der Waals surface area (Å²) in [5.74, 6) is 5.73. The van der Waals surface area contributed by atoms with Crippen LogP contribution < -0.4 is 11.3 Å². The van der Waals surface area contributed by atoms with Crippen molar-refractivity contribution in [3.63, 3.8) is 0 Å². The maximum Gasteiger partial charge on any atom is 0.248 e. The van der Waals surface area contributed by atoms with Gasteiger partial charge in [0.15, 0.2) is 0 Å². The Bertz CT molecular complexity index is 372. The molecule has 1 aromatic rings. The SMILES string of the molecule is NNC(=O)CN1CCC(Cc2ccccc2)CC1. The molecule has 0 aliphatic carbocycles. The molecule has 0 radical (unpaired) electrons. The third-order valence-electron chi connectivity index (χ3n) is 3.60. The van der Waals surface area contributed by atoms with Gasteiger partial charge in [-0.1, -0.05) is 30.3 Å². The lowest BCUT2D eigenvalue weighted by atomic mass is 9.90. The van der Waals surface area contributed by atoms with Crippen molar-refractivity contribution in [1.82, 2.24) is 10.3 Å². The number of hydrogen-bond acceptors (Lipinski definition) is 3. The molecule has 18 heavy (non-hydrogen) atoms. The number of hydrazine groups is 1. The number of benzene rings is 1. The average molecular weight is 247 g/mol. The van der Waals surface area contributed by atoms with Crippen LogP contribution in [-0.2, 0) is 11.2 Å². The third-order valence-corrected chi connectivity index (χ3v) is 3.60. The fourth-order valence-electron chi connectivity index (χ4n) is 2.54. The number of amides is 1. The Labute approximate surface area is 108 Å². The van der Waals surface area contributed by atoms with Crippen molar-refractivity contribution in [1.29, 1.82) is 0 Å². The number of rotatable bonds is 4. The summed E-state index contributed by atoms with van der Waals surface area (Å²) in [5, 5.41) is 0. The number of piperidine rings is 1.